The van der Waals surface area contributed by atoms with Crippen LogP contribution in [0.4, 0.5) is 0 Å². The van der Waals surface area contributed by atoms with E-state index in [9.17, 15) is 0 Å². The van der Waals surface area contributed by atoms with Gasteiger partial charge in [-0.15, -0.1) is 0 Å². The van der Waals surface area contributed by atoms with Crippen molar-refractivity contribution in [2.45, 2.75) is 45.4 Å². The molecular weight excluding hydrogens is 330 g/mol. The van der Waals surface area contributed by atoms with E-state index in [4.69, 9.17) is 5.26 Å². The molecule has 0 radical (unpaired) electrons. The fourth-order valence-corrected chi connectivity index (χ4v) is 3.11. The summed E-state index contributed by atoms with van der Waals surface area (Å²) in [6.45, 7) is 2.24. The van der Waals surface area contributed by atoms with Gasteiger partial charge in [0.1, 0.15) is 0 Å². The molecular formula is C24H25N3. The van der Waals surface area contributed by atoms with Crippen LogP contribution in [0.2, 0.25) is 0 Å². The smallest absolute Gasteiger partial charge is 0.159 e. The summed E-state index contributed by atoms with van der Waals surface area (Å²) < 4.78 is 0. The van der Waals surface area contributed by atoms with Gasteiger partial charge in [0.15, 0.2) is 5.82 Å². The number of rotatable bonds is 8. The molecule has 27 heavy (non-hydrogen) atoms. The zero-order valence-corrected chi connectivity index (χ0v) is 15.9. The quantitative estimate of drug-likeness (QED) is 0.452. The Balaban J connectivity index is 1.62. The summed E-state index contributed by atoms with van der Waals surface area (Å²) in [5.74, 6) is 0.760. The van der Waals surface area contributed by atoms with Gasteiger partial charge in [0.2, 0.25) is 0 Å². The van der Waals surface area contributed by atoms with Gasteiger partial charge in [-0.2, -0.15) is 5.26 Å². The van der Waals surface area contributed by atoms with Gasteiger partial charge in [-0.1, -0.05) is 69.0 Å². The van der Waals surface area contributed by atoms with Crippen LogP contribution >= 0.6 is 0 Å². The molecule has 3 aromatic rings. The third kappa shape index (κ3) is 5.24. The number of hydrogen-bond donors (Lipinski definition) is 0. The molecule has 0 amide bonds. The third-order valence-corrected chi connectivity index (χ3v) is 4.76. The van der Waals surface area contributed by atoms with E-state index in [1.807, 2.05) is 48.8 Å². The normalized spacial score (nSPS) is 10.5. The maximum atomic E-state index is 8.90. The van der Waals surface area contributed by atoms with Crippen molar-refractivity contribution in [1.29, 1.82) is 5.26 Å². The van der Waals surface area contributed by atoms with Gasteiger partial charge in [0.25, 0.3) is 0 Å². The minimum Gasteiger partial charge on any atom is -0.236 e. The molecule has 0 saturated heterocycles. The number of nitrogens with zero attached hydrogens (tertiary/aromatic N) is 3. The first-order valence-corrected chi connectivity index (χ1v) is 9.72. The molecule has 0 saturated carbocycles. The van der Waals surface area contributed by atoms with Crippen LogP contribution in [0.25, 0.3) is 22.5 Å². The molecule has 0 bridgehead atoms. The van der Waals surface area contributed by atoms with Crippen LogP contribution in [0.3, 0.4) is 0 Å². The second kappa shape index (κ2) is 9.64. The van der Waals surface area contributed by atoms with Crippen molar-refractivity contribution < 1.29 is 0 Å². The highest BCUT2D eigenvalue weighted by Gasteiger charge is 2.04. The molecule has 0 unspecified atom stereocenters. The molecule has 0 aliphatic carbocycles. The third-order valence-electron chi connectivity index (χ3n) is 4.76. The molecule has 3 nitrogen and oxygen atoms in total. The molecule has 1 aromatic heterocycles. The number of aryl methyl sites for hydroxylation is 1. The van der Waals surface area contributed by atoms with Crippen LogP contribution in [-0.4, -0.2) is 9.97 Å². The SMILES string of the molecule is CCCCCCCc1cnc(-c2ccc(-c3ccc(C#N)cc3)cc2)nc1. The summed E-state index contributed by atoms with van der Waals surface area (Å²) in [6.07, 6.45) is 11.4. The van der Waals surface area contributed by atoms with Crippen LogP contribution in [-0.2, 0) is 6.42 Å². The maximum Gasteiger partial charge on any atom is 0.159 e. The van der Waals surface area contributed by atoms with Gasteiger partial charge >= 0.3 is 0 Å². The van der Waals surface area contributed by atoms with E-state index < -0.39 is 0 Å². The molecule has 1 heterocycles. The highest BCUT2D eigenvalue weighted by atomic mass is 14.9. The second-order valence-electron chi connectivity index (χ2n) is 6.85. The summed E-state index contributed by atoms with van der Waals surface area (Å²) >= 11 is 0. The summed E-state index contributed by atoms with van der Waals surface area (Å²) in [5, 5.41) is 8.90. The lowest BCUT2D eigenvalue weighted by Crippen LogP contribution is -1.93. The Morgan fingerprint density at radius 3 is 1.89 bits per heavy atom. The first-order chi connectivity index (χ1) is 13.3. The Kier molecular flexibility index (Phi) is 6.71. The van der Waals surface area contributed by atoms with E-state index in [-0.39, 0.29) is 0 Å². The van der Waals surface area contributed by atoms with Crippen LogP contribution in [0.5, 0.6) is 0 Å². The monoisotopic (exact) mass is 355 g/mol. The number of hydrogen-bond acceptors (Lipinski definition) is 3. The van der Waals surface area contributed by atoms with Gasteiger partial charge in [-0.05, 0) is 41.7 Å². The molecule has 2 aromatic carbocycles. The van der Waals surface area contributed by atoms with Crippen molar-refractivity contribution in [2.75, 3.05) is 0 Å². The van der Waals surface area contributed by atoms with Gasteiger partial charge in [0.05, 0.1) is 11.6 Å². The zero-order valence-electron chi connectivity index (χ0n) is 15.9. The topological polar surface area (TPSA) is 49.6 Å². The van der Waals surface area contributed by atoms with E-state index in [1.54, 1.807) is 0 Å². The fraction of sp³-hybridized carbons (Fsp3) is 0.292. The number of benzene rings is 2. The second-order valence-corrected chi connectivity index (χ2v) is 6.85. The van der Waals surface area contributed by atoms with E-state index >= 15 is 0 Å². The van der Waals surface area contributed by atoms with Gasteiger partial charge in [0, 0.05) is 18.0 Å². The van der Waals surface area contributed by atoms with E-state index in [1.165, 1.54) is 37.7 Å². The number of unbranched alkanes of at least 4 members (excludes halogenated alkanes) is 4. The van der Waals surface area contributed by atoms with Gasteiger partial charge in [-0.3, -0.25) is 0 Å². The molecule has 136 valence electrons. The highest BCUT2D eigenvalue weighted by molar-refractivity contribution is 5.68. The first-order valence-electron chi connectivity index (χ1n) is 9.72. The molecule has 3 heteroatoms. The summed E-state index contributed by atoms with van der Waals surface area (Å²) in [4.78, 5) is 9.08. The van der Waals surface area contributed by atoms with Crippen LogP contribution in [0.15, 0.2) is 60.9 Å². The van der Waals surface area contributed by atoms with E-state index in [0.29, 0.717) is 5.56 Å². The minimum atomic E-state index is 0.675. The lowest BCUT2D eigenvalue weighted by molar-refractivity contribution is 0.631. The molecule has 0 spiro atoms. The molecule has 0 N–H and O–H groups in total. The molecule has 3 rings (SSSR count). The predicted octanol–water partition coefficient (Wildman–Crippen LogP) is 6.20. The molecule has 0 fully saturated rings. The first kappa shape index (κ1) is 18.8. The predicted molar refractivity (Wildman–Crippen MR) is 110 cm³/mol. The largest absolute Gasteiger partial charge is 0.236 e. The summed E-state index contributed by atoms with van der Waals surface area (Å²) in [5.41, 5.74) is 5.12. The molecule has 0 aliphatic rings. The van der Waals surface area contributed by atoms with Crippen molar-refractivity contribution in [3.63, 3.8) is 0 Å². The fourth-order valence-electron chi connectivity index (χ4n) is 3.11. The highest BCUT2D eigenvalue weighted by Crippen LogP contribution is 2.23. The van der Waals surface area contributed by atoms with Crippen LogP contribution < -0.4 is 0 Å². The minimum absolute atomic E-state index is 0.675. The van der Waals surface area contributed by atoms with Crippen molar-refractivity contribution in [3.05, 3.63) is 72.1 Å². The Bertz CT molecular complexity index is 873. The van der Waals surface area contributed by atoms with Crippen LogP contribution in [0, 0.1) is 11.3 Å². The van der Waals surface area contributed by atoms with Crippen molar-refractivity contribution in [1.82, 2.24) is 9.97 Å². The van der Waals surface area contributed by atoms with Gasteiger partial charge in [-0.25, -0.2) is 9.97 Å². The van der Waals surface area contributed by atoms with Gasteiger partial charge < -0.3 is 0 Å². The Morgan fingerprint density at radius 2 is 1.30 bits per heavy atom. The average molecular weight is 355 g/mol. The Hall–Kier alpha value is -2.99. The maximum absolute atomic E-state index is 8.90. The molecule has 0 aliphatic heterocycles. The lowest BCUT2D eigenvalue weighted by Gasteiger charge is -2.05. The Morgan fingerprint density at radius 1 is 0.741 bits per heavy atom. The van der Waals surface area contributed by atoms with Crippen molar-refractivity contribution >= 4 is 0 Å². The lowest BCUT2D eigenvalue weighted by atomic mass is 10.0. The van der Waals surface area contributed by atoms with Crippen molar-refractivity contribution in [3.8, 4) is 28.6 Å². The summed E-state index contributed by atoms with van der Waals surface area (Å²) in [7, 11) is 0. The van der Waals surface area contributed by atoms with Crippen molar-refractivity contribution in [2.24, 2.45) is 0 Å². The average Bonchev–Trinajstić information content (AvgIpc) is 2.74. The zero-order chi connectivity index (χ0) is 18.9. The number of nitriles is 1. The number of aromatic nitrogens is 2. The Labute approximate surface area is 161 Å². The van der Waals surface area contributed by atoms with E-state index in [0.717, 1.165) is 28.9 Å². The summed E-state index contributed by atoms with van der Waals surface area (Å²) in [6, 6.07) is 18.0. The van der Waals surface area contributed by atoms with Crippen LogP contribution in [0.1, 0.15) is 50.2 Å². The standard InChI is InChI=1S/C24H25N3/c1-2-3-4-5-6-7-20-17-26-24(27-18-20)23-14-12-22(13-15-23)21-10-8-19(16-25)9-11-21/h8-15,17-18H,2-7H2,1H3. The van der Waals surface area contributed by atoms with E-state index in [2.05, 4.69) is 35.1 Å². The molecule has 0 atom stereocenters.